The summed E-state index contributed by atoms with van der Waals surface area (Å²) in [6.45, 7) is -0.204. The van der Waals surface area contributed by atoms with Crippen LogP contribution in [0.5, 0.6) is 5.75 Å². The van der Waals surface area contributed by atoms with Crippen molar-refractivity contribution in [3.8, 4) is 5.75 Å². The number of carbonyl (C=O) groups excluding carboxylic acids is 1. The van der Waals surface area contributed by atoms with Gasteiger partial charge in [0.15, 0.2) is 0 Å². The van der Waals surface area contributed by atoms with Crippen molar-refractivity contribution in [2.45, 2.75) is 11.7 Å². The maximum atomic E-state index is 11.9. The first kappa shape index (κ1) is 15.2. The fourth-order valence-electron chi connectivity index (χ4n) is 2.13. The Morgan fingerprint density at radius 3 is 2.62 bits per heavy atom. The van der Waals surface area contributed by atoms with Crippen molar-refractivity contribution in [3.63, 3.8) is 0 Å². The van der Waals surface area contributed by atoms with E-state index in [9.17, 15) is 23.3 Å². The molecule has 0 spiro atoms. The molecule has 1 fully saturated rings. The molecule has 0 saturated carbocycles. The number of rotatable bonds is 4. The zero-order chi connectivity index (χ0) is 15.8. The summed E-state index contributed by atoms with van der Waals surface area (Å²) in [5.74, 6) is -0.262. The van der Waals surface area contributed by atoms with Gasteiger partial charge in [-0.3, -0.25) is 14.9 Å². The number of nitrogens with zero attached hydrogens (tertiary/aromatic N) is 2. The van der Waals surface area contributed by atoms with E-state index in [0.29, 0.717) is 0 Å². The number of ether oxygens (including phenoxy) is 1. The lowest BCUT2D eigenvalue weighted by molar-refractivity contribution is -0.384. The Bertz CT molecular complexity index is 702. The minimum Gasteiger partial charge on any atom is -0.496 e. The van der Waals surface area contributed by atoms with Crippen LogP contribution in [0.2, 0.25) is 0 Å². The molecule has 10 heteroatoms. The average Bonchev–Trinajstić information content (AvgIpc) is 2.80. The number of nitro benzene ring substituents is 1. The van der Waals surface area contributed by atoms with Crippen molar-refractivity contribution in [1.82, 2.24) is 0 Å². The minimum absolute atomic E-state index is 0.0250. The Balaban J connectivity index is 2.43. The van der Waals surface area contributed by atoms with Crippen LogP contribution in [0.25, 0.3) is 0 Å². The summed E-state index contributed by atoms with van der Waals surface area (Å²) >= 11 is 0. The van der Waals surface area contributed by atoms with Gasteiger partial charge in [-0.05, 0) is 12.1 Å². The highest BCUT2D eigenvalue weighted by atomic mass is 32.2. The highest BCUT2D eigenvalue weighted by molar-refractivity contribution is 7.89. The first-order valence-corrected chi connectivity index (χ1v) is 7.49. The van der Waals surface area contributed by atoms with Crippen LogP contribution in [-0.4, -0.2) is 38.2 Å². The van der Waals surface area contributed by atoms with Crippen LogP contribution in [0.4, 0.5) is 11.4 Å². The SMILES string of the molecule is COc1ccc(N2CC(S(N)(=O)=O)CC2=O)c([N+](=O)[O-])c1. The number of nitrogens with two attached hydrogens (primary N) is 1. The van der Waals surface area contributed by atoms with Gasteiger partial charge in [-0.25, -0.2) is 13.6 Å². The van der Waals surface area contributed by atoms with Crippen molar-refractivity contribution in [1.29, 1.82) is 0 Å². The largest absolute Gasteiger partial charge is 0.496 e. The molecule has 1 unspecified atom stereocenters. The van der Waals surface area contributed by atoms with E-state index in [1.165, 1.54) is 25.3 Å². The zero-order valence-electron chi connectivity index (χ0n) is 11.1. The standard InChI is InChI=1S/C11H13N3O6S/c1-20-7-2-3-9(10(4-7)14(16)17)13-6-8(5-11(13)15)21(12,18)19/h2-4,8H,5-6H2,1H3,(H2,12,18,19). The molecule has 0 aliphatic carbocycles. The highest BCUT2D eigenvalue weighted by Crippen LogP contribution is 2.35. The molecule has 1 heterocycles. The third kappa shape index (κ3) is 2.95. The summed E-state index contributed by atoms with van der Waals surface area (Å²) in [7, 11) is -2.52. The Labute approximate surface area is 120 Å². The van der Waals surface area contributed by atoms with Gasteiger partial charge in [-0.1, -0.05) is 0 Å². The van der Waals surface area contributed by atoms with E-state index in [1.807, 2.05) is 0 Å². The highest BCUT2D eigenvalue weighted by Gasteiger charge is 2.39. The molecule has 1 saturated heterocycles. The number of sulfonamides is 1. The molecule has 0 bridgehead atoms. The predicted octanol–water partition coefficient (Wildman–Crippen LogP) is -0.00280. The van der Waals surface area contributed by atoms with E-state index < -0.39 is 26.1 Å². The second-order valence-electron chi connectivity index (χ2n) is 4.53. The quantitative estimate of drug-likeness (QED) is 0.614. The summed E-state index contributed by atoms with van der Waals surface area (Å²) in [6, 6.07) is 3.98. The van der Waals surface area contributed by atoms with Crippen LogP contribution in [0.3, 0.4) is 0 Å². The molecular formula is C11H13N3O6S. The maximum Gasteiger partial charge on any atom is 0.296 e. The molecular weight excluding hydrogens is 302 g/mol. The van der Waals surface area contributed by atoms with Crippen LogP contribution < -0.4 is 14.8 Å². The molecule has 1 aliphatic rings. The second kappa shape index (κ2) is 5.30. The summed E-state index contributed by atoms with van der Waals surface area (Å²) in [6.07, 6.45) is -0.290. The third-order valence-corrected chi connectivity index (χ3v) is 4.47. The van der Waals surface area contributed by atoms with E-state index in [4.69, 9.17) is 9.88 Å². The van der Waals surface area contributed by atoms with E-state index in [1.54, 1.807) is 0 Å². The molecule has 9 nitrogen and oxygen atoms in total. The molecule has 1 aliphatic heterocycles. The monoisotopic (exact) mass is 315 g/mol. The van der Waals surface area contributed by atoms with Crippen LogP contribution >= 0.6 is 0 Å². The van der Waals surface area contributed by atoms with E-state index in [0.717, 1.165) is 4.90 Å². The molecule has 1 atom stereocenters. The van der Waals surface area contributed by atoms with E-state index in [2.05, 4.69) is 0 Å². The number of amides is 1. The molecule has 1 aromatic carbocycles. The van der Waals surface area contributed by atoms with Gasteiger partial charge in [0.2, 0.25) is 15.9 Å². The van der Waals surface area contributed by atoms with Crippen molar-refractivity contribution in [2.24, 2.45) is 5.14 Å². The van der Waals surface area contributed by atoms with Gasteiger partial charge >= 0.3 is 0 Å². The Morgan fingerprint density at radius 1 is 1.48 bits per heavy atom. The summed E-state index contributed by atoms with van der Waals surface area (Å²) in [5, 5.41) is 15.1. The zero-order valence-corrected chi connectivity index (χ0v) is 11.9. The van der Waals surface area contributed by atoms with Gasteiger partial charge in [0.25, 0.3) is 5.69 Å². The fourth-order valence-corrected chi connectivity index (χ4v) is 2.86. The van der Waals surface area contributed by atoms with Crippen molar-refractivity contribution >= 4 is 27.3 Å². The number of carbonyl (C=O) groups is 1. The van der Waals surface area contributed by atoms with Gasteiger partial charge < -0.3 is 9.64 Å². The fraction of sp³-hybridized carbons (Fsp3) is 0.364. The Kier molecular flexibility index (Phi) is 3.83. The van der Waals surface area contributed by atoms with Gasteiger partial charge in [0.05, 0.1) is 18.1 Å². The lowest BCUT2D eigenvalue weighted by Crippen LogP contribution is -2.32. The van der Waals surface area contributed by atoms with Gasteiger partial charge in [-0.2, -0.15) is 0 Å². The maximum absolute atomic E-state index is 11.9. The number of anilines is 1. The number of benzene rings is 1. The molecule has 21 heavy (non-hydrogen) atoms. The number of primary sulfonamides is 1. The molecule has 2 N–H and O–H groups in total. The van der Waals surface area contributed by atoms with Gasteiger partial charge in [-0.15, -0.1) is 0 Å². The molecule has 114 valence electrons. The van der Waals surface area contributed by atoms with Crippen LogP contribution in [0.1, 0.15) is 6.42 Å². The molecule has 1 amide bonds. The molecule has 0 radical (unpaired) electrons. The topological polar surface area (TPSA) is 133 Å². The van der Waals surface area contributed by atoms with Crippen molar-refractivity contribution in [2.75, 3.05) is 18.6 Å². The summed E-state index contributed by atoms with van der Waals surface area (Å²) < 4.78 is 27.5. The average molecular weight is 315 g/mol. The van der Waals surface area contributed by atoms with E-state index in [-0.39, 0.29) is 30.1 Å². The number of hydrogen-bond acceptors (Lipinski definition) is 6. The third-order valence-electron chi connectivity index (χ3n) is 3.22. The number of methoxy groups -OCH3 is 1. The minimum atomic E-state index is -3.88. The smallest absolute Gasteiger partial charge is 0.296 e. The second-order valence-corrected chi connectivity index (χ2v) is 6.38. The molecule has 1 aromatic rings. The van der Waals surface area contributed by atoms with Crippen molar-refractivity contribution < 1.29 is 22.9 Å². The van der Waals surface area contributed by atoms with E-state index >= 15 is 0 Å². The Morgan fingerprint density at radius 2 is 2.14 bits per heavy atom. The van der Waals surface area contributed by atoms with Gasteiger partial charge in [0.1, 0.15) is 16.7 Å². The first-order valence-electron chi connectivity index (χ1n) is 5.88. The van der Waals surface area contributed by atoms with Gasteiger partial charge in [0, 0.05) is 13.0 Å². The molecule has 2 rings (SSSR count). The van der Waals surface area contributed by atoms with Crippen LogP contribution in [0, 0.1) is 10.1 Å². The van der Waals surface area contributed by atoms with Crippen LogP contribution in [0.15, 0.2) is 18.2 Å². The van der Waals surface area contributed by atoms with Crippen molar-refractivity contribution in [3.05, 3.63) is 28.3 Å². The number of hydrogen-bond donors (Lipinski definition) is 1. The summed E-state index contributed by atoms with van der Waals surface area (Å²) in [5.41, 5.74) is -0.310. The lowest BCUT2D eigenvalue weighted by atomic mass is 10.2. The summed E-state index contributed by atoms with van der Waals surface area (Å²) in [4.78, 5) is 23.4. The predicted molar refractivity (Wildman–Crippen MR) is 73.5 cm³/mol. The van der Waals surface area contributed by atoms with Crippen LogP contribution in [-0.2, 0) is 14.8 Å². The number of nitro groups is 1. The lowest BCUT2D eigenvalue weighted by Gasteiger charge is -2.16. The first-order chi connectivity index (χ1) is 9.74. The Hall–Kier alpha value is -2.20. The normalized spacial score (nSPS) is 18.9. The molecule has 0 aromatic heterocycles.